The van der Waals surface area contributed by atoms with Gasteiger partial charge in [0.05, 0.1) is 0 Å². The minimum absolute atomic E-state index is 0. The summed E-state index contributed by atoms with van der Waals surface area (Å²) in [6.45, 7) is 8.64. The first-order chi connectivity index (χ1) is 11.9. The molecule has 2 aliphatic rings. The van der Waals surface area contributed by atoms with Crippen LogP contribution in [0.5, 0.6) is 0 Å². The van der Waals surface area contributed by atoms with Crippen LogP contribution in [0.2, 0.25) is 0 Å². The largest absolute Gasteiger partial charge is 0.300 e. The van der Waals surface area contributed by atoms with E-state index in [0.29, 0.717) is 6.04 Å². The standard InChI is InChI=1S/C22H36N2.2ClH/c1-2-3-4-5-6-7-8-11-15-23-17-18-24-16-14-20-12-9-10-13-21(20)22(24)19-23;;/h9-10,12-13,22H,2-8,11,14-19H2,1H3;2*1H. The predicted molar refractivity (Wildman–Crippen MR) is 118 cm³/mol. The molecule has 3 rings (SSSR count). The molecule has 0 amide bonds. The van der Waals surface area contributed by atoms with Gasteiger partial charge in [-0.15, -0.1) is 24.8 Å². The molecule has 1 atom stereocenters. The van der Waals surface area contributed by atoms with Crippen LogP contribution in [-0.2, 0) is 6.42 Å². The Morgan fingerprint density at radius 2 is 1.54 bits per heavy atom. The Morgan fingerprint density at radius 3 is 2.31 bits per heavy atom. The Bertz CT molecular complexity index is 495. The van der Waals surface area contributed by atoms with Crippen molar-refractivity contribution in [2.45, 2.75) is 70.8 Å². The van der Waals surface area contributed by atoms with E-state index in [4.69, 9.17) is 0 Å². The third kappa shape index (κ3) is 6.71. The molecule has 26 heavy (non-hydrogen) atoms. The molecule has 2 nitrogen and oxygen atoms in total. The van der Waals surface area contributed by atoms with Crippen molar-refractivity contribution < 1.29 is 0 Å². The fourth-order valence-corrected chi connectivity index (χ4v) is 4.46. The molecule has 0 saturated carbocycles. The van der Waals surface area contributed by atoms with Gasteiger partial charge in [-0.2, -0.15) is 0 Å². The van der Waals surface area contributed by atoms with E-state index in [-0.39, 0.29) is 24.8 Å². The number of nitrogens with zero attached hydrogens (tertiary/aromatic N) is 2. The predicted octanol–water partition coefficient (Wildman–Crippen LogP) is 5.89. The number of fused-ring (bicyclic) bond motifs is 3. The second kappa shape index (κ2) is 13.0. The van der Waals surface area contributed by atoms with Gasteiger partial charge in [0.1, 0.15) is 0 Å². The van der Waals surface area contributed by atoms with Crippen LogP contribution in [0.25, 0.3) is 0 Å². The molecule has 1 unspecified atom stereocenters. The third-order valence-corrected chi connectivity index (χ3v) is 5.99. The van der Waals surface area contributed by atoms with Crippen molar-refractivity contribution in [2.75, 3.05) is 32.7 Å². The maximum atomic E-state index is 2.72. The molecule has 0 aromatic heterocycles. The molecule has 4 heteroatoms. The summed E-state index contributed by atoms with van der Waals surface area (Å²) < 4.78 is 0. The van der Waals surface area contributed by atoms with E-state index in [9.17, 15) is 0 Å². The molecule has 1 aromatic carbocycles. The third-order valence-electron chi connectivity index (χ3n) is 5.99. The maximum Gasteiger partial charge on any atom is 0.0478 e. The van der Waals surface area contributed by atoms with Gasteiger partial charge in [0.2, 0.25) is 0 Å². The second-order valence-corrected chi connectivity index (χ2v) is 7.78. The van der Waals surface area contributed by atoms with Crippen LogP contribution in [0.15, 0.2) is 24.3 Å². The Balaban J connectivity index is 0.00000169. The van der Waals surface area contributed by atoms with E-state index in [1.807, 2.05) is 0 Å². The summed E-state index contributed by atoms with van der Waals surface area (Å²) in [5.74, 6) is 0. The molecule has 0 bridgehead atoms. The van der Waals surface area contributed by atoms with Crippen LogP contribution >= 0.6 is 24.8 Å². The molecule has 1 aromatic rings. The zero-order valence-corrected chi connectivity index (χ0v) is 18.1. The molecule has 0 spiro atoms. The first-order valence-electron chi connectivity index (χ1n) is 10.4. The van der Waals surface area contributed by atoms with E-state index >= 15 is 0 Å². The van der Waals surface area contributed by atoms with Gasteiger partial charge in [-0.05, 0) is 30.5 Å². The highest BCUT2D eigenvalue weighted by atomic mass is 35.5. The SMILES string of the molecule is CCCCCCCCCCN1CCN2CCc3ccccc3C2C1.Cl.Cl. The second-order valence-electron chi connectivity index (χ2n) is 7.78. The number of unbranched alkanes of at least 4 members (excludes halogenated alkanes) is 7. The van der Waals surface area contributed by atoms with E-state index in [2.05, 4.69) is 41.0 Å². The van der Waals surface area contributed by atoms with Gasteiger partial charge >= 0.3 is 0 Å². The quantitative estimate of drug-likeness (QED) is 0.477. The molecule has 2 aliphatic heterocycles. The Kier molecular flexibility index (Phi) is 11.9. The molecule has 1 fully saturated rings. The average Bonchev–Trinajstić information content (AvgIpc) is 2.63. The lowest BCUT2D eigenvalue weighted by Crippen LogP contribution is -2.50. The fourth-order valence-electron chi connectivity index (χ4n) is 4.46. The number of halogens is 2. The smallest absolute Gasteiger partial charge is 0.0478 e. The lowest BCUT2D eigenvalue weighted by molar-refractivity contribution is 0.0663. The van der Waals surface area contributed by atoms with Gasteiger partial charge in [0, 0.05) is 32.2 Å². The molecule has 0 aliphatic carbocycles. The van der Waals surface area contributed by atoms with E-state index in [1.54, 1.807) is 11.1 Å². The number of benzene rings is 1. The normalized spacial score (nSPS) is 19.8. The van der Waals surface area contributed by atoms with Crippen molar-refractivity contribution >= 4 is 24.8 Å². The first kappa shape index (κ1) is 23.8. The summed E-state index contributed by atoms with van der Waals surface area (Å²) in [4.78, 5) is 5.44. The van der Waals surface area contributed by atoms with Gasteiger partial charge in [0.25, 0.3) is 0 Å². The molecule has 2 heterocycles. The number of piperazine rings is 1. The molecular weight excluding hydrogens is 363 g/mol. The van der Waals surface area contributed by atoms with Crippen molar-refractivity contribution in [2.24, 2.45) is 0 Å². The van der Waals surface area contributed by atoms with Gasteiger partial charge in [-0.25, -0.2) is 0 Å². The lowest BCUT2D eigenvalue weighted by atomic mass is 9.91. The Labute approximate surface area is 173 Å². The molecule has 1 saturated heterocycles. The van der Waals surface area contributed by atoms with Crippen LogP contribution in [-0.4, -0.2) is 42.5 Å². The summed E-state index contributed by atoms with van der Waals surface area (Å²) in [5.41, 5.74) is 3.19. The van der Waals surface area contributed by atoms with Crippen molar-refractivity contribution in [1.82, 2.24) is 9.80 Å². The number of hydrogen-bond donors (Lipinski definition) is 0. The van der Waals surface area contributed by atoms with Gasteiger partial charge in [0.15, 0.2) is 0 Å². The number of rotatable bonds is 9. The number of hydrogen-bond acceptors (Lipinski definition) is 2. The van der Waals surface area contributed by atoms with Crippen LogP contribution in [0.3, 0.4) is 0 Å². The van der Waals surface area contributed by atoms with Gasteiger partial charge < -0.3 is 4.90 Å². The zero-order valence-electron chi connectivity index (χ0n) is 16.5. The average molecular weight is 401 g/mol. The van der Waals surface area contributed by atoms with Crippen molar-refractivity contribution in [3.05, 3.63) is 35.4 Å². The molecule has 0 radical (unpaired) electrons. The van der Waals surface area contributed by atoms with E-state index in [1.165, 1.54) is 90.5 Å². The lowest BCUT2D eigenvalue weighted by Gasteiger charge is -2.45. The highest BCUT2D eigenvalue weighted by molar-refractivity contribution is 5.85. The summed E-state index contributed by atoms with van der Waals surface area (Å²) in [6.07, 6.45) is 12.6. The molecular formula is C22H38Cl2N2. The topological polar surface area (TPSA) is 6.48 Å². The van der Waals surface area contributed by atoms with E-state index < -0.39 is 0 Å². The minimum Gasteiger partial charge on any atom is -0.300 e. The highest BCUT2D eigenvalue weighted by Crippen LogP contribution is 2.32. The van der Waals surface area contributed by atoms with E-state index in [0.717, 1.165) is 0 Å². The maximum absolute atomic E-state index is 2.72. The zero-order chi connectivity index (χ0) is 16.6. The van der Waals surface area contributed by atoms with Gasteiger partial charge in [-0.3, -0.25) is 4.90 Å². The summed E-state index contributed by atoms with van der Waals surface area (Å²) in [6, 6.07) is 9.78. The summed E-state index contributed by atoms with van der Waals surface area (Å²) in [5, 5.41) is 0. The monoisotopic (exact) mass is 400 g/mol. The Morgan fingerprint density at radius 1 is 0.846 bits per heavy atom. The summed E-state index contributed by atoms with van der Waals surface area (Å²) in [7, 11) is 0. The molecule has 0 N–H and O–H groups in total. The fraction of sp³-hybridized carbons (Fsp3) is 0.727. The van der Waals surface area contributed by atoms with Crippen LogP contribution in [0, 0.1) is 0 Å². The van der Waals surface area contributed by atoms with Gasteiger partial charge in [-0.1, -0.05) is 76.1 Å². The van der Waals surface area contributed by atoms with Crippen molar-refractivity contribution in [3.63, 3.8) is 0 Å². The van der Waals surface area contributed by atoms with Crippen LogP contribution < -0.4 is 0 Å². The summed E-state index contributed by atoms with van der Waals surface area (Å²) >= 11 is 0. The Hall–Kier alpha value is -0.280. The van der Waals surface area contributed by atoms with Crippen molar-refractivity contribution in [3.8, 4) is 0 Å². The first-order valence-corrected chi connectivity index (χ1v) is 10.4. The minimum atomic E-state index is 0. The van der Waals surface area contributed by atoms with Crippen LogP contribution in [0.4, 0.5) is 0 Å². The van der Waals surface area contributed by atoms with Crippen molar-refractivity contribution in [1.29, 1.82) is 0 Å². The molecule has 150 valence electrons. The highest BCUT2D eigenvalue weighted by Gasteiger charge is 2.31. The van der Waals surface area contributed by atoms with Crippen LogP contribution in [0.1, 0.15) is 75.5 Å².